The van der Waals surface area contributed by atoms with E-state index in [1.54, 1.807) is 41.6 Å². The average Bonchev–Trinajstić information content (AvgIpc) is 2.48. The Kier molecular flexibility index (Phi) is 4.84. The standard InChI is InChI=1S/C15H14BrFN2O/c1-2-19(15(20)11-5-7-18-8-6-11)10-12-9-13(16)3-4-14(12)17/h3-9H,2,10H2,1H3. The Bertz CT molecular complexity index is 604. The highest BCUT2D eigenvalue weighted by molar-refractivity contribution is 9.10. The molecule has 0 N–H and O–H groups in total. The van der Waals surface area contributed by atoms with E-state index >= 15 is 0 Å². The first kappa shape index (κ1) is 14.7. The summed E-state index contributed by atoms with van der Waals surface area (Å²) in [4.78, 5) is 17.8. The Morgan fingerprint density at radius 3 is 2.65 bits per heavy atom. The normalized spacial score (nSPS) is 10.3. The summed E-state index contributed by atoms with van der Waals surface area (Å²) in [7, 11) is 0. The van der Waals surface area contributed by atoms with Gasteiger partial charge in [0.05, 0.1) is 0 Å². The van der Waals surface area contributed by atoms with Crippen LogP contribution in [0.4, 0.5) is 4.39 Å². The fraction of sp³-hybridized carbons (Fsp3) is 0.200. The molecule has 3 nitrogen and oxygen atoms in total. The van der Waals surface area contributed by atoms with Crippen LogP contribution in [-0.2, 0) is 6.54 Å². The number of carbonyl (C=O) groups excluding carboxylic acids is 1. The summed E-state index contributed by atoms with van der Waals surface area (Å²) in [6.45, 7) is 2.62. The summed E-state index contributed by atoms with van der Waals surface area (Å²) in [6, 6.07) is 8.03. The van der Waals surface area contributed by atoms with Gasteiger partial charge in [-0.25, -0.2) is 4.39 Å². The molecular weight excluding hydrogens is 323 g/mol. The molecule has 0 aliphatic heterocycles. The predicted molar refractivity (Wildman–Crippen MR) is 78.8 cm³/mol. The first-order valence-corrected chi connectivity index (χ1v) is 7.04. The highest BCUT2D eigenvalue weighted by Gasteiger charge is 2.16. The van der Waals surface area contributed by atoms with Gasteiger partial charge in [-0.15, -0.1) is 0 Å². The molecule has 104 valence electrons. The Morgan fingerprint density at radius 1 is 1.30 bits per heavy atom. The van der Waals surface area contributed by atoms with Crippen LogP contribution in [0.15, 0.2) is 47.2 Å². The first-order chi connectivity index (χ1) is 9.61. The van der Waals surface area contributed by atoms with E-state index in [1.807, 2.05) is 6.92 Å². The van der Waals surface area contributed by atoms with Crippen LogP contribution in [0.3, 0.4) is 0 Å². The monoisotopic (exact) mass is 336 g/mol. The van der Waals surface area contributed by atoms with Crippen LogP contribution < -0.4 is 0 Å². The molecule has 0 bridgehead atoms. The molecule has 0 unspecified atom stereocenters. The molecule has 2 aromatic rings. The van der Waals surface area contributed by atoms with Gasteiger partial charge in [0, 0.05) is 41.1 Å². The van der Waals surface area contributed by atoms with E-state index in [9.17, 15) is 9.18 Å². The maximum absolute atomic E-state index is 13.8. The molecule has 0 aliphatic rings. The van der Waals surface area contributed by atoms with Crippen LogP contribution in [0.25, 0.3) is 0 Å². The molecule has 0 saturated carbocycles. The van der Waals surface area contributed by atoms with Gasteiger partial charge in [-0.1, -0.05) is 15.9 Å². The van der Waals surface area contributed by atoms with E-state index in [-0.39, 0.29) is 18.3 Å². The Labute approximate surface area is 125 Å². The molecule has 0 fully saturated rings. The van der Waals surface area contributed by atoms with Gasteiger partial charge in [-0.3, -0.25) is 9.78 Å². The maximum Gasteiger partial charge on any atom is 0.254 e. The van der Waals surface area contributed by atoms with Crippen molar-refractivity contribution in [1.82, 2.24) is 9.88 Å². The minimum atomic E-state index is -0.311. The van der Waals surface area contributed by atoms with Crippen molar-refractivity contribution in [3.05, 3.63) is 64.1 Å². The highest BCUT2D eigenvalue weighted by atomic mass is 79.9. The van der Waals surface area contributed by atoms with E-state index in [2.05, 4.69) is 20.9 Å². The molecule has 0 spiro atoms. The van der Waals surface area contributed by atoms with E-state index < -0.39 is 0 Å². The summed E-state index contributed by atoms with van der Waals surface area (Å²) in [5.74, 6) is -0.441. The fourth-order valence-corrected chi connectivity index (χ4v) is 2.28. The van der Waals surface area contributed by atoms with Crippen molar-refractivity contribution in [2.24, 2.45) is 0 Å². The van der Waals surface area contributed by atoms with Crippen LogP contribution in [0, 0.1) is 5.82 Å². The number of hydrogen-bond donors (Lipinski definition) is 0. The lowest BCUT2D eigenvalue weighted by Crippen LogP contribution is -2.30. The molecule has 1 amide bonds. The lowest BCUT2D eigenvalue weighted by Gasteiger charge is -2.21. The molecule has 1 heterocycles. The second-order valence-corrected chi connectivity index (χ2v) is 5.21. The van der Waals surface area contributed by atoms with Gasteiger partial charge >= 0.3 is 0 Å². The van der Waals surface area contributed by atoms with Crippen molar-refractivity contribution in [2.45, 2.75) is 13.5 Å². The zero-order valence-electron chi connectivity index (χ0n) is 11.0. The van der Waals surface area contributed by atoms with Crippen LogP contribution in [0.1, 0.15) is 22.8 Å². The number of amides is 1. The minimum absolute atomic E-state index is 0.130. The smallest absolute Gasteiger partial charge is 0.254 e. The summed E-state index contributed by atoms with van der Waals surface area (Å²) >= 11 is 3.31. The number of carbonyl (C=O) groups is 1. The summed E-state index contributed by atoms with van der Waals surface area (Å²) in [6.07, 6.45) is 3.14. The Hall–Kier alpha value is -1.75. The lowest BCUT2D eigenvalue weighted by molar-refractivity contribution is 0.0751. The van der Waals surface area contributed by atoms with Crippen molar-refractivity contribution < 1.29 is 9.18 Å². The van der Waals surface area contributed by atoms with Crippen molar-refractivity contribution in [1.29, 1.82) is 0 Å². The van der Waals surface area contributed by atoms with Gasteiger partial charge in [0.25, 0.3) is 5.91 Å². The topological polar surface area (TPSA) is 33.2 Å². The van der Waals surface area contributed by atoms with Crippen LogP contribution in [0.2, 0.25) is 0 Å². The van der Waals surface area contributed by atoms with Crippen molar-refractivity contribution in [3.63, 3.8) is 0 Å². The number of benzene rings is 1. The molecule has 0 radical (unpaired) electrons. The minimum Gasteiger partial charge on any atom is -0.334 e. The van der Waals surface area contributed by atoms with Crippen molar-refractivity contribution in [3.8, 4) is 0 Å². The number of rotatable bonds is 4. The number of nitrogens with zero attached hydrogens (tertiary/aromatic N) is 2. The van der Waals surface area contributed by atoms with Crippen molar-refractivity contribution in [2.75, 3.05) is 6.54 Å². The fourth-order valence-electron chi connectivity index (χ4n) is 1.87. The first-order valence-electron chi connectivity index (χ1n) is 6.25. The number of aromatic nitrogens is 1. The Balaban J connectivity index is 2.21. The van der Waals surface area contributed by atoms with Gasteiger partial charge in [-0.05, 0) is 37.3 Å². The molecule has 1 aromatic heterocycles. The summed E-state index contributed by atoms with van der Waals surface area (Å²) in [5.41, 5.74) is 1.04. The highest BCUT2D eigenvalue weighted by Crippen LogP contribution is 2.18. The van der Waals surface area contributed by atoms with Crippen molar-refractivity contribution >= 4 is 21.8 Å². The van der Waals surface area contributed by atoms with E-state index in [4.69, 9.17) is 0 Å². The molecule has 0 saturated heterocycles. The van der Waals surface area contributed by atoms with Gasteiger partial charge in [0.1, 0.15) is 5.82 Å². The van der Waals surface area contributed by atoms with Crippen LogP contribution >= 0.6 is 15.9 Å². The van der Waals surface area contributed by atoms with E-state index in [1.165, 1.54) is 6.07 Å². The number of halogens is 2. The Morgan fingerprint density at radius 2 is 2.00 bits per heavy atom. The molecule has 5 heteroatoms. The molecule has 1 aromatic carbocycles. The van der Waals surface area contributed by atoms with Gasteiger partial charge in [-0.2, -0.15) is 0 Å². The molecule has 0 atom stereocenters. The third-order valence-corrected chi connectivity index (χ3v) is 3.46. The zero-order valence-corrected chi connectivity index (χ0v) is 12.6. The van der Waals surface area contributed by atoms with Crippen LogP contribution in [-0.4, -0.2) is 22.3 Å². The summed E-state index contributed by atoms with van der Waals surface area (Å²) < 4.78 is 14.6. The third-order valence-electron chi connectivity index (χ3n) is 2.97. The molecule has 2 rings (SSSR count). The van der Waals surface area contributed by atoms with Gasteiger partial charge in [0.2, 0.25) is 0 Å². The molecule has 0 aliphatic carbocycles. The maximum atomic E-state index is 13.8. The quantitative estimate of drug-likeness (QED) is 0.853. The second kappa shape index (κ2) is 6.61. The SMILES string of the molecule is CCN(Cc1cc(Br)ccc1F)C(=O)c1ccncc1. The van der Waals surface area contributed by atoms with E-state index in [0.717, 1.165) is 4.47 Å². The second-order valence-electron chi connectivity index (χ2n) is 4.29. The largest absolute Gasteiger partial charge is 0.334 e. The number of hydrogen-bond acceptors (Lipinski definition) is 2. The average molecular weight is 337 g/mol. The molecular formula is C15H14BrFN2O. The van der Waals surface area contributed by atoms with E-state index in [0.29, 0.717) is 17.7 Å². The predicted octanol–water partition coefficient (Wildman–Crippen LogP) is 3.65. The van der Waals surface area contributed by atoms with Gasteiger partial charge < -0.3 is 4.90 Å². The molecule has 20 heavy (non-hydrogen) atoms. The third kappa shape index (κ3) is 3.42. The zero-order chi connectivity index (χ0) is 14.5. The number of pyridine rings is 1. The summed E-state index contributed by atoms with van der Waals surface area (Å²) in [5, 5.41) is 0. The van der Waals surface area contributed by atoms with Gasteiger partial charge in [0.15, 0.2) is 0 Å². The van der Waals surface area contributed by atoms with Crippen LogP contribution in [0.5, 0.6) is 0 Å². The lowest BCUT2D eigenvalue weighted by atomic mass is 10.1.